The second kappa shape index (κ2) is 8.25. The van der Waals surface area contributed by atoms with E-state index in [-0.39, 0.29) is 18.8 Å². The van der Waals surface area contributed by atoms with Crippen LogP contribution in [0.15, 0.2) is 54.9 Å². The first-order chi connectivity index (χ1) is 11.1. The lowest BCUT2D eigenvalue weighted by Gasteiger charge is -2.08. The summed E-state index contributed by atoms with van der Waals surface area (Å²) >= 11 is 0. The summed E-state index contributed by atoms with van der Waals surface area (Å²) in [7, 11) is -3.50. The number of hydrogen-bond donors (Lipinski definition) is 2. The number of hydrogen-bond acceptors (Lipinski definition) is 5. The van der Waals surface area contributed by atoms with Crippen LogP contribution in [0, 0.1) is 0 Å². The quantitative estimate of drug-likeness (QED) is 0.794. The Balaban J connectivity index is 1.71. The van der Waals surface area contributed by atoms with Crippen LogP contribution in [0.5, 0.6) is 5.75 Å². The molecule has 8 heteroatoms. The summed E-state index contributed by atoms with van der Waals surface area (Å²) in [6.45, 7) is 0.110. The van der Waals surface area contributed by atoms with Crippen molar-refractivity contribution >= 4 is 16.1 Å². The number of carbonyl (C=O) groups excluding carboxylic acids is 1. The Hall–Kier alpha value is -2.45. The highest BCUT2D eigenvalue weighted by Crippen LogP contribution is 2.07. The van der Waals surface area contributed by atoms with Gasteiger partial charge in [-0.3, -0.25) is 4.98 Å². The predicted molar refractivity (Wildman–Crippen MR) is 85.3 cm³/mol. The van der Waals surface area contributed by atoms with Crippen LogP contribution in [0.25, 0.3) is 0 Å². The number of carbonyl (C=O) groups is 1. The minimum atomic E-state index is -3.50. The number of pyridine rings is 1. The van der Waals surface area contributed by atoms with E-state index in [0.29, 0.717) is 5.75 Å². The largest absolute Gasteiger partial charge is 0.412 e. The molecular formula is C15H17N3O4S. The molecule has 0 bridgehead atoms. The van der Waals surface area contributed by atoms with Crippen molar-refractivity contribution in [2.24, 2.45) is 0 Å². The Kier molecular flexibility index (Phi) is 6.07. The molecule has 0 saturated carbocycles. The fraction of sp³-hybridized carbons (Fsp3) is 0.200. The summed E-state index contributed by atoms with van der Waals surface area (Å²) in [5.74, 6) is 0.152. The van der Waals surface area contributed by atoms with E-state index >= 15 is 0 Å². The first-order valence-electron chi connectivity index (χ1n) is 6.92. The van der Waals surface area contributed by atoms with Crippen molar-refractivity contribution in [1.29, 1.82) is 0 Å². The smallest absolute Gasteiger partial charge is 0.410 e. The molecule has 2 aromatic rings. The number of nitrogens with zero attached hydrogens (tertiary/aromatic N) is 1. The number of sulfonamides is 1. The summed E-state index contributed by atoms with van der Waals surface area (Å²) in [5, 5.41) is 2.39. The molecule has 1 amide bonds. The fourth-order valence-electron chi connectivity index (χ4n) is 1.69. The van der Waals surface area contributed by atoms with E-state index in [1.807, 2.05) is 0 Å². The average Bonchev–Trinajstić information content (AvgIpc) is 2.55. The normalized spacial score (nSPS) is 11.0. The van der Waals surface area contributed by atoms with Crippen molar-refractivity contribution in [3.05, 3.63) is 60.4 Å². The van der Waals surface area contributed by atoms with Crippen LogP contribution in [0.2, 0.25) is 0 Å². The van der Waals surface area contributed by atoms with Crippen molar-refractivity contribution < 1.29 is 17.9 Å². The zero-order valence-corrected chi connectivity index (χ0v) is 13.1. The molecule has 0 saturated heterocycles. The van der Waals surface area contributed by atoms with Crippen molar-refractivity contribution in [2.75, 3.05) is 12.3 Å². The Morgan fingerprint density at radius 3 is 2.61 bits per heavy atom. The third-order valence-electron chi connectivity index (χ3n) is 2.81. The van der Waals surface area contributed by atoms with Gasteiger partial charge >= 0.3 is 6.09 Å². The van der Waals surface area contributed by atoms with Crippen LogP contribution in [-0.2, 0) is 16.6 Å². The molecule has 23 heavy (non-hydrogen) atoms. The number of para-hydroxylation sites is 1. The van der Waals surface area contributed by atoms with Gasteiger partial charge in [0.1, 0.15) is 5.75 Å². The molecule has 0 aliphatic carbocycles. The first-order valence-corrected chi connectivity index (χ1v) is 8.57. The maximum atomic E-state index is 11.8. The summed E-state index contributed by atoms with van der Waals surface area (Å²) in [6, 6.07) is 12.0. The number of ether oxygens (including phenoxy) is 1. The van der Waals surface area contributed by atoms with Crippen LogP contribution < -0.4 is 14.8 Å². The summed E-state index contributed by atoms with van der Waals surface area (Å²) in [5.41, 5.74) is 0.757. The van der Waals surface area contributed by atoms with Crippen LogP contribution in [-0.4, -0.2) is 31.8 Å². The highest BCUT2D eigenvalue weighted by atomic mass is 32.2. The predicted octanol–water partition coefficient (Wildman–Crippen LogP) is 1.29. The van der Waals surface area contributed by atoms with Gasteiger partial charge in [0.2, 0.25) is 10.0 Å². The minimum absolute atomic E-state index is 0.0476. The standard InChI is InChI=1S/C15H17N3O4S/c19-15(22-14-6-2-1-3-7-14)17-9-10-23(20,21)18-12-13-5-4-8-16-11-13/h1-8,11,18H,9-10,12H2,(H,17,19). The second-order valence-corrected chi connectivity index (χ2v) is 6.56. The van der Waals surface area contributed by atoms with E-state index in [2.05, 4.69) is 15.0 Å². The van der Waals surface area contributed by atoms with Gasteiger partial charge in [0, 0.05) is 25.5 Å². The van der Waals surface area contributed by atoms with Gasteiger partial charge in [0.25, 0.3) is 0 Å². The lowest BCUT2D eigenvalue weighted by atomic mass is 10.3. The van der Waals surface area contributed by atoms with Crippen molar-refractivity contribution in [3.63, 3.8) is 0 Å². The van der Waals surface area contributed by atoms with E-state index in [4.69, 9.17) is 4.74 Å². The molecule has 0 radical (unpaired) electrons. The fourth-order valence-corrected chi connectivity index (χ4v) is 2.59. The molecule has 122 valence electrons. The topological polar surface area (TPSA) is 97.4 Å². The minimum Gasteiger partial charge on any atom is -0.410 e. The molecular weight excluding hydrogens is 318 g/mol. The molecule has 1 aromatic carbocycles. The van der Waals surface area contributed by atoms with Crippen LogP contribution in [0.4, 0.5) is 4.79 Å². The third-order valence-corrected chi connectivity index (χ3v) is 4.14. The maximum Gasteiger partial charge on any atom is 0.412 e. The number of benzene rings is 1. The van der Waals surface area contributed by atoms with Gasteiger partial charge in [0.05, 0.1) is 5.75 Å². The molecule has 0 aliphatic rings. The van der Waals surface area contributed by atoms with E-state index in [1.54, 1.807) is 54.9 Å². The Morgan fingerprint density at radius 2 is 1.91 bits per heavy atom. The average molecular weight is 335 g/mol. The van der Waals surface area contributed by atoms with E-state index < -0.39 is 16.1 Å². The van der Waals surface area contributed by atoms with Gasteiger partial charge in [-0.25, -0.2) is 17.9 Å². The Morgan fingerprint density at radius 1 is 1.13 bits per heavy atom. The maximum absolute atomic E-state index is 11.8. The van der Waals surface area contributed by atoms with E-state index in [1.165, 1.54) is 0 Å². The highest BCUT2D eigenvalue weighted by Gasteiger charge is 2.11. The first kappa shape index (κ1) is 16.9. The molecule has 0 aliphatic heterocycles. The summed E-state index contributed by atoms with van der Waals surface area (Å²) < 4.78 is 31.1. The molecule has 0 atom stereocenters. The molecule has 1 aromatic heterocycles. The van der Waals surface area contributed by atoms with E-state index in [9.17, 15) is 13.2 Å². The second-order valence-electron chi connectivity index (χ2n) is 4.63. The molecule has 0 unspecified atom stereocenters. The number of rotatable bonds is 7. The van der Waals surface area contributed by atoms with Gasteiger partial charge < -0.3 is 10.1 Å². The van der Waals surface area contributed by atoms with Gasteiger partial charge in [-0.2, -0.15) is 0 Å². The third kappa shape index (κ3) is 6.45. The molecule has 1 heterocycles. The SMILES string of the molecule is O=C(NCCS(=O)(=O)NCc1cccnc1)Oc1ccccc1. The Labute approximate surface area is 134 Å². The van der Waals surface area contributed by atoms with Crippen molar-refractivity contribution in [1.82, 2.24) is 15.0 Å². The van der Waals surface area contributed by atoms with Crippen molar-refractivity contribution in [3.8, 4) is 5.75 Å². The van der Waals surface area contributed by atoms with Crippen LogP contribution in [0.1, 0.15) is 5.56 Å². The molecule has 0 spiro atoms. The summed E-state index contributed by atoms with van der Waals surface area (Å²) in [6.07, 6.45) is 2.50. The van der Waals surface area contributed by atoms with Gasteiger partial charge in [-0.1, -0.05) is 24.3 Å². The van der Waals surface area contributed by atoms with Crippen LogP contribution in [0.3, 0.4) is 0 Å². The highest BCUT2D eigenvalue weighted by molar-refractivity contribution is 7.89. The zero-order valence-electron chi connectivity index (χ0n) is 12.3. The zero-order chi connectivity index (χ0) is 16.5. The molecule has 2 rings (SSSR count). The van der Waals surface area contributed by atoms with Gasteiger partial charge in [-0.05, 0) is 23.8 Å². The lowest BCUT2D eigenvalue weighted by molar-refractivity contribution is 0.201. The van der Waals surface area contributed by atoms with Gasteiger partial charge in [-0.15, -0.1) is 0 Å². The Bertz CT molecular complexity index is 721. The lowest BCUT2D eigenvalue weighted by Crippen LogP contribution is -2.35. The van der Waals surface area contributed by atoms with Gasteiger partial charge in [0.15, 0.2) is 0 Å². The number of amides is 1. The summed E-state index contributed by atoms with van der Waals surface area (Å²) in [4.78, 5) is 15.4. The monoisotopic (exact) mass is 335 g/mol. The molecule has 2 N–H and O–H groups in total. The number of aromatic nitrogens is 1. The van der Waals surface area contributed by atoms with E-state index in [0.717, 1.165) is 5.56 Å². The number of nitrogens with one attached hydrogen (secondary N) is 2. The van der Waals surface area contributed by atoms with Crippen molar-refractivity contribution in [2.45, 2.75) is 6.54 Å². The molecule has 7 nitrogen and oxygen atoms in total. The van der Waals surface area contributed by atoms with Crippen LogP contribution >= 0.6 is 0 Å². The molecule has 0 fully saturated rings.